The Morgan fingerprint density at radius 2 is 2.09 bits per heavy atom. The highest BCUT2D eigenvalue weighted by molar-refractivity contribution is 7.80. The van der Waals surface area contributed by atoms with Gasteiger partial charge in [0.25, 0.3) is 0 Å². The molecule has 0 bridgehead atoms. The summed E-state index contributed by atoms with van der Waals surface area (Å²) in [5, 5.41) is 6.95. The lowest BCUT2D eigenvalue weighted by Crippen LogP contribution is -3.06. The van der Waals surface area contributed by atoms with E-state index >= 15 is 0 Å². The molecule has 0 saturated carbocycles. The predicted octanol–water partition coefficient (Wildman–Crippen LogP) is 3.05. The van der Waals surface area contributed by atoms with Crippen molar-refractivity contribution in [3.05, 3.63) is 51.2 Å². The molecular weight excluding hydrogens is 346 g/mol. The van der Waals surface area contributed by atoms with Crippen LogP contribution >= 0.6 is 35.2 Å². The fraction of sp³-hybridized carbons (Fsp3) is 0.353. The van der Waals surface area contributed by atoms with E-state index in [1.165, 1.54) is 9.78 Å². The van der Waals surface area contributed by atoms with E-state index in [4.69, 9.17) is 23.8 Å². The molecule has 0 spiro atoms. The van der Waals surface area contributed by atoms with E-state index in [1.54, 1.807) is 11.3 Å². The van der Waals surface area contributed by atoms with Gasteiger partial charge in [-0.2, -0.15) is 0 Å². The molecule has 0 aliphatic rings. The fourth-order valence-corrected chi connectivity index (χ4v) is 3.30. The Bertz CT molecular complexity index is 641. The summed E-state index contributed by atoms with van der Waals surface area (Å²) in [4.78, 5) is 4.93. The lowest BCUT2D eigenvalue weighted by atomic mass is 10.2. The Kier molecular flexibility index (Phi) is 6.84. The number of hydrogen-bond acceptors (Lipinski definition) is 2. The number of benzene rings is 1. The van der Waals surface area contributed by atoms with Gasteiger partial charge >= 0.3 is 0 Å². The normalized spacial score (nSPS) is 10.8. The standard InChI is InChI=1S/C17H22ClN3S2/c1-13-15(18)7-4-8-16(13)19-17(22)21(10-9-20(2)3)12-14-6-5-11-23-14/h4-8,11H,9-10,12H2,1-3H3,(H,19,22)/p+1. The molecule has 2 rings (SSSR count). The first-order chi connectivity index (χ1) is 11.0. The van der Waals surface area contributed by atoms with Crippen LogP contribution in [0.3, 0.4) is 0 Å². The van der Waals surface area contributed by atoms with Crippen molar-refractivity contribution in [3.8, 4) is 0 Å². The maximum Gasteiger partial charge on any atom is 0.173 e. The molecular formula is C17H23ClN3S2+. The van der Waals surface area contributed by atoms with Gasteiger partial charge in [-0.05, 0) is 48.3 Å². The van der Waals surface area contributed by atoms with Crippen molar-refractivity contribution in [1.82, 2.24) is 4.90 Å². The molecule has 0 fully saturated rings. The molecule has 0 unspecified atom stereocenters. The molecule has 0 saturated heterocycles. The van der Waals surface area contributed by atoms with E-state index in [0.29, 0.717) is 0 Å². The maximum atomic E-state index is 6.20. The van der Waals surface area contributed by atoms with Crippen molar-refractivity contribution in [2.45, 2.75) is 13.5 Å². The molecule has 124 valence electrons. The molecule has 3 nitrogen and oxygen atoms in total. The van der Waals surface area contributed by atoms with Crippen LogP contribution < -0.4 is 10.2 Å². The number of rotatable bonds is 6. The Hall–Kier alpha value is -1.14. The van der Waals surface area contributed by atoms with Crippen molar-refractivity contribution in [2.75, 3.05) is 32.5 Å². The van der Waals surface area contributed by atoms with Gasteiger partial charge in [-0.25, -0.2) is 0 Å². The summed E-state index contributed by atoms with van der Waals surface area (Å²) in [5.74, 6) is 0. The third-order valence-corrected chi connectivity index (χ3v) is 5.24. The molecule has 0 amide bonds. The van der Waals surface area contributed by atoms with Gasteiger partial charge < -0.3 is 15.1 Å². The quantitative estimate of drug-likeness (QED) is 0.764. The Morgan fingerprint density at radius 1 is 1.30 bits per heavy atom. The molecule has 23 heavy (non-hydrogen) atoms. The van der Waals surface area contributed by atoms with E-state index in [1.807, 2.05) is 25.1 Å². The minimum Gasteiger partial charge on any atom is -0.338 e. The molecule has 0 aliphatic heterocycles. The summed E-state index contributed by atoms with van der Waals surface area (Å²) < 4.78 is 0. The Balaban J connectivity index is 2.10. The Labute approximate surface area is 152 Å². The first-order valence-electron chi connectivity index (χ1n) is 7.60. The number of thiocarbonyl (C=S) groups is 1. The van der Waals surface area contributed by atoms with Crippen LogP contribution in [0.5, 0.6) is 0 Å². The van der Waals surface area contributed by atoms with Crippen LogP contribution in [0.25, 0.3) is 0 Å². The van der Waals surface area contributed by atoms with E-state index in [-0.39, 0.29) is 0 Å². The zero-order chi connectivity index (χ0) is 16.8. The summed E-state index contributed by atoms with van der Waals surface area (Å²) in [7, 11) is 4.31. The monoisotopic (exact) mass is 368 g/mol. The lowest BCUT2D eigenvalue weighted by molar-refractivity contribution is -0.857. The second-order valence-corrected chi connectivity index (χ2v) is 7.63. The van der Waals surface area contributed by atoms with E-state index in [0.717, 1.165) is 41.0 Å². The van der Waals surface area contributed by atoms with Gasteiger partial charge in [0.15, 0.2) is 5.11 Å². The highest BCUT2D eigenvalue weighted by atomic mass is 35.5. The molecule has 1 aromatic carbocycles. The summed E-state index contributed by atoms with van der Waals surface area (Å²) in [6, 6.07) is 10.1. The molecule has 6 heteroatoms. The number of thiophene rings is 1. The zero-order valence-electron chi connectivity index (χ0n) is 13.7. The van der Waals surface area contributed by atoms with Gasteiger partial charge in [0, 0.05) is 15.6 Å². The van der Waals surface area contributed by atoms with Crippen LogP contribution in [-0.4, -0.2) is 37.2 Å². The largest absolute Gasteiger partial charge is 0.338 e. The topological polar surface area (TPSA) is 19.7 Å². The maximum absolute atomic E-state index is 6.20. The van der Waals surface area contributed by atoms with Crippen LogP contribution in [-0.2, 0) is 6.54 Å². The van der Waals surface area contributed by atoms with Gasteiger partial charge in [0.1, 0.15) is 0 Å². The second-order valence-electron chi connectivity index (χ2n) is 5.80. The first-order valence-corrected chi connectivity index (χ1v) is 9.26. The number of hydrogen-bond donors (Lipinski definition) is 2. The molecule has 0 radical (unpaired) electrons. The van der Waals surface area contributed by atoms with Crippen molar-refractivity contribution >= 4 is 46.0 Å². The number of quaternary nitrogens is 1. The highest BCUT2D eigenvalue weighted by Gasteiger charge is 2.14. The van der Waals surface area contributed by atoms with Gasteiger partial charge in [-0.3, -0.25) is 0 Å². The van der Waals surface area contributed by atoms with E-state index in [9.17, 15) is 0 Å². The molecule has 1 heterocycles. The number of halogens is 1. The van der Waals surface area contributed by atoms with Gasteiger partial charge in [0.05, 0.1) is 33.7 Å². The SMILES string of the molecule is Cc1c(Cl)cccc1NC(=S)N(CC[NH+](C)C)Cc1cccs1. The van der Waals surface area contributed by atoms with Crippen LogP contribution in [0.1, 0.15) is 10.4 Å². The highest BCUT2D eigenvalue weighted by Crippen LogP contribution is 2.23. The molecule has 1 aromatic heterocycles. The fourth-order valence-electron chi connectivity index (χ4n) is 2.14. The summed E-state index contributed by atoms with van der Waals surface area (Å²) in [5.41, 5.74) is 1.99. The predicted molar refractivity (Wildman–Crippen MR) is 105 cm³/mol. The summed E-state index contributed by atoms with van der Waals surface area (Å²) in [6.45, 7) is 4.77. The van der Waals surface area contributed by atoms with E-state index in [2.05, 4.69) is 41.8 Å². The van der Waals surface area contributed by atoms with Crippen molar-refractivity contribution in [2.24, 2.45) is 0 Å². The Morgan fingerprint density at radius 3 is 2.74 bits per heavy atom. The van der Waals surface area contributed by atoms with Crippen molar-refractivity contribution in [3.63, 3.8) is 0 Å². The lowest BCUT2D eigenvalue weighted by Gasteiger charge is -2.26. The van der Waals surface area contributed by atoms with Crippen LogP contribution in [0.2, 0.25) is 5.02 Å². The smallest absolute Gasteiger partial charge is 0.173 e. The number of nitrogens with zero attached hydrogens (tertiary/aromatic N) is 1. The third-order valence-electron chi connectivity index (χ3n) is 3.61. The number of likely N-dealkylation sites (N-methyl/N-ethyl adjacent to an activating group) is 1. The minimum absolute atomic E-state index is 0.741. The van der Waals surface area contributed by atoms with Crippen LogP contribution in [0, 0.1) is 6.92 Å². The molecule has 0 aliphatic carbocycles. The minimum atomic E-state index is 0.741. The average Bonchev–Trinajstić information content (AvgIpc) is 3.01. The summed E-state index contributed by atoms with van der Waals surface area (Å²) in [6.07, 6.45) is 0. The first kappa shape index (κ1) is 18.2. The molecule has 0 atom stereocenters. The number of nitrogens with one attached hydrogen (secondary N) is 2. The average molecular weight is 369 g/mol. The van der Waals surface area contributed by atoms with Crippen LogP contribution in [0.4, 0.5) is 5.69 Å². The summed E-state index contributed by atoms with van der Waals surface area (Å²) >= 11 is 13.6. The van der Waals surface area contributed by atoms with E-state index < -0.39 is 0 Å². The van der Waals surface area contributed by atoms with Gasteiger partial charge in [-0.15, -0.1) is 11.3 Å². The molecule has 2 aromatic rings. The van der Waals surface area contributed by atoms with Gasteiger partial charge in [-0.1, -0.05) is 23.7 Å². The third kappa shape index (κ3) is 5.46. The van der Waals surface area contributed by atoms with Crippen LogP contribution in [0.15, 0.2) is 35.7 Å². The van der Waals surface area contributed by atoms with Gasteiger partial charge in [0.2, 0.25) is 0 Å². The second kappa shape index (κ2) is 8.64. The molecule has 2 N–H and O–H groups in total. The van der Waals surface area contributed by atoms with Crippen molar-refractivity contribution < 1.29 is 4.90 Å². The van der Waals surface area contributed by atoms with Crippen molar-refractivity contribution in [1.29, 1.82) is 0 Å². The zero-order valence-corrected chi connectivity index (χ0v) is 16.1. The number of anilines is 1.